The summed E-state index contributed by atoms with van der Waals surface area (Å²) in [4.78, 5) is 2.26. The predicted molar refractivity (Wildman–Crippen MR) is 158 cm³/mol. The molecule has 0 saturated heterocycles. The maximum absolute atomic E-state index is 13.2. The second kappa shape index (κ2) is 20.3. The number of rotatable bonds is 24. The molecule has 0 spiro atoms. The summed E-state index contributed by atoms with van der Waals surface area (Å²) in [5.41, 5.74) is 5.98. The number of hydrazine groups is 4. The summed E-state index contributed by atoms with van der Waals surface area (Å²) in [5, 5.41) is 26.2. The monoisotopic (exact) mass is 600 g/mol. The Bertz CT molecular complexity index is 530. The highest BCUT2D eigenvalue weighted by atomic mass is 79.9. The van der Waals surface area contributed by atoms with Gasteiger partial charge in [0.2, 0.25) is 5.85 Å². The number of hydrogen-bond donors (Lipinski definition) is 4. The predicted octanol–water partition coefficient (Wildman–Crippen LogP) is 3.62. The van der Waals surface area contributed by atoms with E-state index in [9.17, 15) is 5.11 Å². The van der Waals surface area contributed by atoms with Crippen molar-refractivity contribution in [2.24, 2.45) is 0 Å². The molecule has 2 unspecified atom stereocenters. The molecule has 0 aliphatic heterocycles. The van der Waals surface area contributed by atoms with Gasteiger partial charge in [-0.3, -0.25) is 10.2 Å². The van der Waals surface area contributed by atoms with E-state index >= 15 is 0 Å². The third kappa shape index (κ3) is 10.2. The zero-order chi connectivity index (χ0) is 27.6. The molecule has 0 aliphatic carbocycles. The first-order valence-electron chi connectivity index (χ1n) is 14.0. The van der Waals surface area contributed by atoms with E-state index in [0.717, 1.165) is 76.5 Å². The van der Waals surface area contributed by atoms with E-state index in [4.69, 9.17) is 11.6 Å². The van der Waals surface area contributed by atoms with Gasteiger partial charge in [0.15, 0.2) is 0 Å². The molecular formula is C25H58BrClN8O. The minimum absolute atomic E-state index is 0.579. The van der Waals surface area contributed by atoms with E-state index in [2.05, 4.69) is 81.7 Å². The van der Waals surface area contributed by atoms with Gasteiger partial charge in [-0.05, 0) is 45.6 Å². The molecule has 9 nitrogen and oxygen atoms in total. The minimum Gasteiger partial charge on any atom is -0.358 e. The number of nitrogens with one attached hydrogen (secondary N) is 3. The van der Waals surface area contributed by atoms with Gasteiger partial charge in [-0.25, -0.2) is 20.9 Å². The van der Waals surface area contributed by atoms with Crippen molar-refractivity contribution in [1.82, 2.24) is 41.3 Å². The third-order valence-electron chi connectivity index (χ3n) is 6.50. The molecule has 0 aliphatic rings. The molecule has 0 fully saturated rings. The van der Waals surface area contributed by atoms with E-state index in [0.29, 0.717) is 19.0 Å². The van der Waals surface area contributed by atoms with Crippen molar-refractivity contribution in [2.75, 3.05) is 71.6 Å². The number of hydrogen-bond acceptors (Lipinski definition) is 9. The number of likely N-dealkylation sites (N-methyl/N-ethyl adjacent to an activating group) is 1. The summed E-state index contributed by atoms with van der Waals surface area (Å²) in [7, 11) is 5.91. The van der Waals surface area contributed by atoms with Crippen LogP contribution in [-0.2, 0) is 0 Å². The van der Waals surface area contributed by atoms with E-state index in [-0.39, 0.29) is 0 Å². The molecule has 0 bridgehead atoms. The van der Waals surface area contributed by atoms with Gasteiger partial charge in [0.25, 0.3) is 0 Å². The molecule has 0 aromatic heterocycles. The Balaban J connectivity index is 7.10. The maximum Gasteiger partial charge on any atom is 0.237 e. The van der Waals surface area contributed by atoms with E-state index in [1.165, 1.54) is 0 Å². The van der Waals surface area contributed by atoms with Crippen LogP contribution in [0.25, 0.3) is 0 Å². The summed E-state index contributed by atoms with van der Waals surface area (Å²) in [6.45, 7) is 15.2. The number of unbranched alkanes of at least 4 members (excludes halogenated alkanes) is 3. The van der Waals surface area contributed by atoms with Crippen LogP contribution in [0.15, 0.2) is 0 Å². The fourth-order valence-corrected chi connectivity index (χ4v) is 5.20. The summed E-state index contributed by atoms with van der Waals surface area (Å²) in [5.74, 6) is -0.840. The quantitative estimate of drug-likeness (QED) is 0.0575. The van der Waals surface area contributed by atoms with E-state index in [1.54, 1.807) is 0 Å². The Labute approximate surface area is 236 Å². The summed E-state index contributed by atoms with van der Waals surface area (Å²) in [6, 6.07) is 0. The van der Waals surface area contributed by atoms with Gasteiger partial charge in [0.1, 0.15) is 5.66 Å². The lowest BCUT2D eigenvalue weighted by Crippen LogP contribution is -2.86. The number of alkyl halides is 2. The van der Waals surface area contributed by atoms with Crippen molar-refractivity contribution >= 4 is 27.5 Å². The molecule has 0 heterocycles. The largest absolute Gasteiger partial charge is 0.358 e. The number of nitrogens with zero attached hydrogens (tertiary/aromatic N) is 5. The van der Waals surface area contributed by atoms with Crippen LogP contribution >= 0.6 is 27.5 Å². The van der Waals surface area contributed by atoms with E-state index in [1.807, 2.05) is 31.3 Å². The Morgan fingerprint density at radius 3 is 1.89 bits per heavy atom. The lowest BCUT2D eigenvalue weighted by atomic mass is 10.00. The molecule has 0 amide bonds. The molecule has 4 N–H and O–H groups in total. The van der Waals surface area contributed by atoms with Gasteiger partial charge in [-0.2, -0.15) is 5.12 Å². The van der Waals surface area contributed by atoms with Gasteiger partial charge < -0.3 is 5.11 Å². The highest BCUT2D eigenvalue weighted by Gasteiger charge is 2.60. The van der Waals surface area contributed by atoms with Crippen LogP contribution in [0.2, 0.25) is 0 Å². The topological polar surface area (TPSA) is 72.5 Å². The summed E-state index contributed by atoms with van der Waals surface area (Å²) >= 11 is 9.72. The Kier molecular flexibility index (Phi) is 20.6. The van der Waals surface area contributed by atoms with Crippen molar-refractivity contribution in [3.8, 4) is 0 Å². The molecule has 0 saturated carbocycles. The minimum atomic E-state index is -1.42. The van der Waals surface area contributed by atoms with Crippen LogP contribution in [0.4, 0.5) is 0 Å². The van der Waals surface area contributed by atoms with Crippen molar-refractivity contribution < 1.29 is 5.11 Å². The number of aliphatic hydroxyl groups is 1. The standard InChI is InChI=1S/C25H58BrClN8O/c1-9-13-20-32(21-14-10-2)25(36,35(30-12-4)31(7)8)24(5,29-11-3)33(22-16-15-18-26)34(28-6)23-17-19-27/h28-30,36H,9-23H2,1-8H3. The van der Waals surface area contributed by atoms with Crippen LogP contribution in [0.5, 0.6) is 0 Å². The molecular weight excluding hydrogens is 544 g/mol. The highest BCUT2D eigenvalue weighted by Crippen LogP contribution is 2.35. The first-order valence-corrected chi connectivity index (χ1v) is 15.6. The number of halogens is 2. The van der Waals surface area contributed by atoms with Gasteiger partial charge in [0.05, 0.1) is 0 Å². The Morgan fingerprint density at radius 1 is 0.861 bits per heavy atom. The first kappa shape index (κ1) is 36.4. The van der Waals surface area contributed by atoms with E-state index < -0.39 is 11.5 Å². The molecule has 218 valence electrons. The summed E-state index contributed by atoms with van der Waals surface area (Å²) < 4.78 is 0. The van der Waals surface area contributed by atoms with Crippen LogP contribution in [-0.4, -0.2) is 113 Å². The first-order chi connectivity index (χ1) is 17.2. The zero-order valence-corrected chi connectivity index (χ0v) is 26.9. The molecule has 0 aromatic carbocycles. The normalized spacial score (nSPS) is 16.0. The molecule has 36 heavy (non-hydrogen) atoms. The van der Waals surface area contributed by atoms with Crippen molar-refractivity contribution in [2.45, 2.75) is 91.1 Å². The van der Waals surface area contributed by atoms with Gasteiger partial charge in [-0.15, -0.1) is 16.7 Å². The Morgan fingerprint density at radius 2 is 1.47 bits per heavy atom. The third-order valence-corrected chi connectivity index (χ3v) is 7.33. The van der Waals surface area contributed by atoms with Crippen LogP contribution < -0.4 is 16.2 Å². The molecule has 11 heteroatoms. The van der Waals surface area contributed by atoms with Gasteiger partial charge >= 0.3 is 0 Å². The Hall–Kier alpha value is 0.410. The smallest absolute Gasteiger partial charge is 0.237 e. The van der Waals surface area contributed by atoms with Gasteiger partial charge in [-0.1, -0.05) is 56.5 Å². The molecule has 0 radical (unpaired) electrons. The lowest BCUT2D eigenvalue weighted by Gasteiger charge is -2.61. The van der Waals surface area contributed by atoms with Gasteiger partial charge in [0, 0.05) is 65.1 Å². The fraction of sp³-hybridized carbons (Fsp3) is 1.00. The summed E-state index contributed by atoms with van der Waals surface area (Å²) in [6.07, 6.45) is 7.00. The second-order valence-corrected chi connectivity index (χ2v) is 10.7. The maximum atomic E-state index is 13.2. The lowest BCUT2D eigenvalue weighted by molar-refractivity contribution is -0.374. The van der Waals surface area contributed by atoms with Crippen molar-refractivity contribution in [3.05, 3.63) is 0 Å². The average Bonchev–Trinajstić information content (AvgIpc) is 2.86. The molecule has 2 atom stereocenters. The van der Waals surface area contributed by atoms with Crippen LogP contribution in [0.3, 0.4) is 0 Å². The van der Waals surface area contributed by atoms with Crippen LogP contribution in [0, 0.1) is 0 Å². The fourth-order valence-electron chi connectivity index (χ4n) is 4.68. The van der Waals surface area contributed by atoms with Crippen molar-refractivity contribution in [3.63, 3.8) is 0 Å². The SMILES string of the molecule is CCCCN(CCCC)C(O)(N(NCC)N(C)C)C(C)(NCC)N(CCCCBr)N(CCCCl)NC. The van der Waals surface area contributed by atoms with Crippen molar-refractivity contribution in [1.29, 1.82) is 0 Å². The molecule has 0 rings (SSSR count). The highest BCUT2D eigenvalue weighted by molar-refractivity contribution is 9.09. The second-order valence-electron chi connectivity index (χ2n) is 9.51. The zero-order valence-electron chi connectivity index (χ0n) is 24.5. The van der Waals surface area contributed by atoms with Crippen LogP contribution in [0.1, 0.15) is 79.6 Å². The molecule has 0 aromatic rings. The average molecular weight is 602 g/mol.